The summed E-state index contributed by atoms with van der Waals surface area (Å²) in [5.74, 6) is -0.0945. The van der Waals surface area contributed by atoms with Crippen LogP contribution in [0.4, 0.5) is 5.13 Å². The molecule has 154 valence electrons. The highest BCUT2D eigenvalue weighted by Gasteiger charge is 2.20. The first-order valence-corrected chi connectivity index (χ1v) is 11.8. The second-order valence-electron chi connectivity index (χ2n) is 7.18. The van der Waals surface area contributed by atoms with Gasteiger partial charge >= 0.3 is 0 Å². The molecule has 1 saturated heterocycles. The van der Waals surface area contributed by atoms with Gasteiger partial charge in [0.2, 0.25) is 0 Å². The lowest BCUT2D eigenvalue weighted by atomic mass is 10.3. The summed E-state index contributed by atoms with van der Waals surface area (Å²) < 4.78 is 2.16. The van der Waals surface area contributed by atoms with E-state index in [4.69, 9.17) is 16.6 Å². The van der Waals surface area contributed by atoms with E-state index in [0.717, 1.165) is 63.3 Å². The first kappa shape index (κ1) is 19.7. The Bertz CT molecular complexity index is 1170. The van der Waals surface area contributed by atoms with Crippen LogP contribution < -0.4 is 10.2 Å². The number of rotatable bonds is 5. The quantitative estimate of drug-likeness (QED) is 0.488. The Morgan fingerprint density at radius 3 is 2.63 bits per heavy atom. The van der Waals surface area contributed by atoms with Crippen LogP contribution in [0.15, 0.2) is 42.5 Å². The van der Waals surface area contributed by atoms with Crippen LogP contribution in [0.5, 0.6) is 0 Å². The number of nitrogens with zero attached hydrogens (tertiary/aromatic N) is 4. The van der Waals surface area contributed by atoms with E-state index in [-0.39, 0.29) is 5.91 Å². The van der Waals surface area contributed by atoms with Gasteiger partial charge in [-0.2, -0.15) is 0 Å². The lowest BCUT2D eigenvalue weighted by Gasteiger charge is -2.34. The molecule has 1 amide bonds. The van der Waals surface area contributed by atoms with Crippen LogP contribution >= 0.6 is 34.3 Å². The van der Waals surface area contributed by atoms with Crippen LogP contribution in [0, 0.1) is 0 Å². The van der Waals surface area contributed by atoms with Gasteiger partial charge in [0, 0.05) is 44.3 Å². The van der Waals surface area contributed by atoms with Crippen molar-refractivity contribution in [3.8, 4) is 0 Å². The highest BCUT2D eigenvalue weighted by atomic mass is 35.5. The van der Waals surface area contributed by atoms with Crippen molar-refractivity contribution in [3.63, 3.8) is 0 Å². The Labute approximate surface area is 187 Å². The standard InChI is InChI=1S/C21H20ClN5OS2/c22-14-5-6-16-18(13-14)30-21(25-16)27-11-9-26(10-12-27)8-7-23-19(28)20-24-15-3-1-2-4-17(15)29-20/h1-6,13H,7-12H2,(H,23,28). The van der Waals surface area contributed by atoms with Crippen molar-refractivity contribution < 1.29 is 4.79 Å². The van der Waals surface area contributed by atoms with Crippen molar-refractivity contribution in [1.29, 1.82) is 0 Å². The molecule has 0 atom stereocenters. The second kappa shape index (κ2) is 8.47. The summed E-state index contributed by atoms with van der Waals surface area (Å²) in [6.07, 6.45) is 0. The predicted molar refractivity (Wildman–Crippen MR) is 125 cm³/mol. The van der Waals surface area contributed by atoms with Crippen LogP contribution in [-0.4, -0.2) is 60.0 Å². The summed E-state index contributed by atoms with van der Waals surface area (Å²) in [5.41, 5.74) is 1.88. The van der Waals surface area contributed by atoms with Gasteiger partial charge in [-0.15, -0.1) is 11.3 Å². The van der Waals surface area contributed by atoms with Gasteiger partial charge in [0.05, 0.1) is 20.4 Å². The van der Waals surface area contributed by atoms with Crippen molar-refractivity contribution in [3.05, 3.63) is 52.5 Å². The molecule has 5 rings (SSSR count). The number of para-hydroxylation sites is 1. The Morgan fingerprint density at radius 2 is 1.80 bits per heavy atom. The van der Waals surface area contributed by atoms with E-state index in [1.54, 1.807) is 11.3 Å². The fraction of sp³-hybridized carbons (Fsp3) is 0.286. The molecule has 0 bridgehead atoms. The Kier molecular flexibility index (Phi) is 5.56. The number of fused-ring (bicyclic) bond motifs is 2. The van der Waals surface area contributed by atoms with Gasteiger partial charge in [0.15, 0.2) is 10.1 Å². The predicted octanol–water partition coefficient (Wildman–Crippen LogP) is 4.11. The highest BCUT2D eigenvalue weighted by Crippen LogP contribution is 2.31. The number of carbonyl (C=O) groups is 1. The number of thiazole rings is 2. The normalized spacial score (nSPS) is 15.2. The Morgan fingerprint density at radius 1 is 1.00 bits per heavy atom. The third-order valence-corrected chi connectivity index (χ3v) is 7.53. The summed E-state index contributed by atoms with van der Waals surface area (Å²) in [6.45, 7) is 5.22. The summed E-state index contributed by atoms with van der Waals surface area (Å²) in [7, 11) is 0. The summed E-state index contributed by atoms with van der Waals surface area (Å²) in [4.78, 5) is 26.3. The molecular formula is C21H20ClN5OS2. The number of benzene rings is 2. The topological polar surface area (TPSA) is 61.4 Å². The largest absolute Gasteiger partial charge is 0.349 e. The van der Waals surface area contributed by atoms with Crippen LogP contribution in [0.3, 0.4) is 0 Å². The van der Waals surface area contributed by atoms with E-state index in [2.05, 4.69) is 20.1 Å². The number of hydrogen-bond donors (Lipinski definition) is 1. The Balaban J connectivity index is 1.11. The zero-order valence-corrected chi connectivity index (χ0v) is 18.6. The zero-order valence-electron chi connectivity index (χ0n) is 16.2. The van der Waals surface area contributed by atoms with E-state index in [9.17, 15) is 4.79 Å². The third kappa shape index (κ3) is 4.13. The number of hydrogen-bond acceptors (Lipinski definition) is 7. The summed E-state index contributed by atoms with van der Waals surface area (Å²) >= 11 is 9.21. The molecule has 0 spiro atoms. The molecule has 30 heavy (non-hydrogen) atoms. The number of anilines is 1. The van der Waals surface area contributed by atoms with Gasteiger partial charge in [-0.1, -0.05) is 35.1 Å². The van der Waals surface area contributed by atoms with Gasteiger partial charge in [-0.3, -0.25) is 9.69 Å². The summed E-state index contributed by atoms with van der Waals surface area (Å²) in [5, 5.41) is 5.33. The van der Waals surface area contributed by atoms with Crippen molar-refractivity contribution in [2.45, 2.75) is 0 Å². The molecule has 4 aromatic rings. The molecule has 9 heteroatoms. The number of piperazine rings is 1. The maximum absolute atomic E-state index is 12.4. The number of amides is 1. The first-order valence-electron chi connectivity index (χ1n) is 9.83. The molecule has 0 unspecified atom stereocenters. The molecule has 1 aliphatic heterocycles. The molecule has 6 nitrogen and oxygen atoms in total. The molecule has 2 aromatic carbocycles. The molecule has 0 saturated carbocycles. The lowest BCUT2D eigenvalue weighted by molar-refractivity contribution is 0.0947. The smallest absolute Gasteiger partial charge is 0.280 e. The van der Waals surface area contributed by atoms with E-state index in [0.29, 0.717) is 11.6 Å². The van der Waals surface area contributed by atoms with Gasteiger partial charge in [0.25, 0.3) is 5.91 Å². The van der Waals surface area contributed by atoms with E-state index in [1.165, 1.54) is 11.3 Å². The monoisotopic (exact) mass is 457 g/mol. The van der Waals surface area contributed by atoms with Crippen molar-refractivity contribution >= 4 is 65.7 Å². The van der Waals surface area contributed by atoms with Gasteiger partial charge < -0.3 is 10.2 Å². The average molecular weight is 458 g/mol. The van der Waals surface area contributed by atoms with Crippen LogP contribution in [0.25, 0.3) is 20.4 Å². The van der Waals surface area contributed by atoms with Crippen LogP contribution in [0.1, 0.15) is 9.80 Å². The number of carbonyl (C=O) groups excluding carboxylic acids is 1. The first-order chi connectivity index (χ1) is 14.7. The van der Waals surface area contributed by atoms with Crippen LogP contribution in [-0.2, 0) is 0 Å². The van der Waals surface area contributed by atoms with E-state index < -0.39 is 0 Å². The molecule has 1 aliphatic rings. The lowest BCUT2D eigenvalue weighted by Crippen LogP contribution is -2.48. The van der Waals surface area contributed by atoms with Gasteiger partial charge in [0.1, 0.15) is 0 Å². The molecule has 1 fully saturated rings. The minimum atomic E-state index is -0.0945. The second-order valence-corrected chi connectivity index (χ2v) is 9.66. The fourth-order valence-electron chi connectivity index (χ4n) is 3.56. The highest BCUT2D eigenvalue weighted by molar-refractivity contribution is 7.22. The molecule has 3 heterocycles. The van der Waals surface area contributed by atoms with Crippen molar-refractivity contribution in [1.82, 2.24) is 20.2 Å². The van der Waals surface area contributed by atoms with E-state index >= 15 is 0 Å². The number of aromatic nitrogens is 2. The molecule has 2 aromatic heterocycles. The minimum absolute atomic E-state index is 0.0945. The third-order valence-electron chi connectivity index (χ3n) is 5.18. The van der Waals surface area contributed by atoms with Gasteiger partial charge in [-0.05, 0) is 30.3 Å². The maximum atomic E-state index is 12.4. The maximum Gasteiger partial charge on any atom is 0.280 e. The van der Waals surface area contributed by atoms with E-state index in [1.807, 2.05) is 42.5 Å². The SMILES string of the molecule is O=C(NCCN1CCN(c2nc3ccc(Cl)cc3s2)CC1)c1nc2ccccc2s1. The number of nitrogens with one attached hydrogen (secondary N) is 1. The molecular weight excluding hydrogens is 438 g/mol. The molecule has 0 radical (unpaired) electrons. The molecule has 1 N–H and O–H groups in total. The fourth-order valence-corrected chi connectivity index (χ4v) is 5.73. The minimum Gasteiger partial charge on any atom is -0.349 e. The molecule has 0 aliphatic carbocycles. The van der Waals surface area contributed by atoms with Crippen molar-refractivity contribution in [2.24, 2.45) is 0 Å². The zero-order chi connectivity index (χ0) is 20.5. The number of halogens is 1. The summed E-state index contributed by atoms with van der Waals surface area (Å²) in [6, 6.07) is 13.7. The van der Waals surface area contributed by atoms with Crippen LogP contribution in [0.2, 0.25) is 5.02 Å². The van der Waals surface area contributed by atoms with Gasteiger partial charge in [-0.25, -0.2) is 9.97 Å². The van der Waals surface area contributed by atoms with Crippen molar-refractivity contribution in [2.75, 3.05) is 44.2 Å². The average Bonchev–Trinajstić information content (AvgIpc) is 3.38. The Hall–Kier alpha value is -2.26.